The molecule has 1 unspecified atom stereocenters. The summed E-state index contributed by atoms with van der Waals surface area (Å²) in [6, 6.07) is 5.32. The van der Waals surface area contributed by atoms with Crippen LogP contribution in [0.25, 0.3) is 0 Å². The molecule has 1 aromatic carbocycles. The first kappa shape index (κ1) is 15.6. The molecule has 1 atom stereocenters. The number of nitrogens with one attached hydrogen (secondary N) is 1. The Morgan fingerprint density at radius 1 is 1.35 bits per heavy atom. The van der Waals surface area contributed by atoms with E-state index in [9.17, 15) is 4.39 Å². The van der Waals surface area contributed by atoms with E-state index in [0.29, 0.717) is 16.8 Å². The van der Waals surface area contributed by atoms with Gasteiger partial charge >= 0.3 is 0 Å². The zero-order valence-corrected chi connectivity index (χ0v) is 13.3. The third-order valence-electron chi connectivity index (χ3n) is 4.67. The van der Waals surface area contributed by atoms with Crippen molar-refractivity contribution in [3.63, 3.8) is 0 Å². The van der Waals surface area contributed by atoms with E-state index in [4.69, 9.17) is 11.6 Å². The largest absolute Gasteiger partial charge is 0.363 e. The van der Waals surface area contributed by atoms with Gasteiger partial charge in [0.25, 0.3) is 0 Å². The molecule has 1 aromatic rings. The van der Waals surface area contributed by atoms with Crippen molar-refractivity contribution in [3.8, 4) is 0 Å². The Morgan fingerprint density at radius 2 is 2.05 bits per heavy atom. The van der Waals surface area contributed by atoms with Crippen LogP contribution in [0.5, 0.6) is 0 Å². The number of anilines is 1. The summed E-state index contributed by atoms with van der Waals surface area (Å²) in [5, 5.41) is 4.12. The van der Waals surface area contributed by atoms with Crippen LogP contribution in [0.2, 0.25) is 5.02 Å². The van der Waals surface area contributed by atoms with Crippen molar-refractivity contribution in [2.75, 3.05) is 18.0 Å². The molecule has 0 radical (unpaired) electrons. The van der Waals surface area contributed by atoms with Gasteiger partial charge in [-0.1, -0.05) is 32.4 Å². The normalized spacial score (nSPS) is 22.1. The van der Waals surface area contributed by atoms with Gasteiger partial charge in [-0.2, -0.15) is 0 Å². The molecule has 4 heteroatoms. The predicted octanol–water partition coefficient (Wildman–Crippen LogP) is 4.23. The van der Waals surface area contributed by atoms with Crippen molar-refractivity contribution in [1.29, 1.82) is 0 Å². The van der Waals surface area contributed by atoms with E-state index in [-0.39, 0.29) is 11.4 Å². The molecule has 1 N–H and O–H groups in total. The van der Waals surface area contributed by atoms with Gasteiger partial charge in [-0.05, 0) is 37.5 Å². The summed E-state index contributed by atoms with van der Waals surface area (Å²) in [5.41, 5.74) is 0.756. The van der Waals surface area contributed by atoms with Gasteiger partial charge in [0, 0.05) is 29.7 Å². The van der Waals surface area contributed by atoms with Crippen molar-refractivity contribution in [2.45, 2.75) is 51.6 Å². The monoisotopic (exact) mass is 298 g/mol. The molecule has 2 nitrogen and oxygen atoms in total. The van der Waals surface area contributed by atoms with Crippen molar-refractivity contribution < 1.29 is 4.39 Å². The third-order valence-corrected chi connectivity index (χ3v) is 4.91. The van der Waals surface area contributed by atoms with Gasteiger partial charge in [0.15, 0.2) is 0 Å². The quantitative estimate of drug-likeness (QED) is 0.895. The summed E-state index contributed by atoms with van der Waals surface area (Å²) in [6.07, 6.45) is 3.09. The molecular weight excluding hydrogens is 275 g/mol. The van der Waals surface area contributed by atoms with Crippen LogP contribution < -0.4 is 10.2 Å². The molecule has 1 aliphatic rings. The third kappa shape index (κ3) is 2.94. The van der Waals surface area contributed by atoms with Crippen LogP contribution in [0.4, 0.5) is 10.1 Å². The van der Waals surface area contributed by atoms with Crippen LogP contribution >= 0.6 is 11.6 Å². The van der Waals surface area contributed by atoms with Crippen LogP contribution in [0, 0.1) is 5.82 Å². The summed E-state index contributed by atoms with van der Waals surface area (Å²) in [5.74, 6) is -0.223. The molecule has 2 rings (SSSR count). The van der Waals surface area contributed by atoms with Gasteiger partial charge in [-0.25, -0.2) is 4.39 Å². The van der Waals surface area contributed by atoms with E-state index in [1.165, 1.54) is 6.07 Å². The molecule has 1 fully saturated rings. The molecule has 0 amide bonds. The minimum Gasteiger partial charge on any atom is -0.363 e. The minimum absolute atomic E-state index is 0.0811. The van der Waals surface area contributed by atoms with Gasteiger partial charge in [-0.3, -0.25) is 0 Å². The van der Waals surface area contributed by atoms with E-state index in [1.54, 1.807) is 6.07 Å². The zero-order valence-electron chi connectivity index (χ0n) is 12.5. The number of hydrogen-bond acceptors (Lipinski definition) is 2. The molecule has 20 heavy (non-hydrogen) atoms. The number of nitrogens with zero attached hydrogens (tertiary/aromatic N) is 1. The van der Waals surface area contributed by atoms with Gasteiger partial charge in [0.05, 0.1) is 5.69 Å². The summed E-state index contributed by atoms with van der Waals surface area (Å²) in [6.45, 7) is 8.29. The first-order valence-electron chi connectivity index (χ1n) is 7.52. The highest BCUT2D eigenvalue weighted by atomic mass is 35.5. The second-order valence-corrected chi connectivity index (χ2v) is 6.09. The maximum atomic E-state index is 14.3. The second-order valence-electron chi connectivity index (χ2n) is 5.65. The standard InChI is InChI=1S/C16H24ClFN2/c1-4-13-10-19-16(5-2,6-3)11-20(13)15-8-7-12(17)9-14(15)18/h7-9,13,19H,4-6,10-11H2,1-3H3. The Bertz CT molecular complexity index is 460. The highest BCUT2D eigenvalue weighted by Crippen LogP contribution is 2.31. The van der Waals surface area contributed by atoms with Gasteiger partial charge in [0.2, 0.25) is 0 Å². The van der Waals surface area contributed by atoms with Crippen LogP contribution in [-0.2, 0) is 0 Å². The highest BCUT2D eigenvalue weighted by molar-refractivity contribution is 6.30. The van der Waals surface area contributed by atoms with Gasteiger partial charge < -0.3 is 10.2 Å². The van der Waals surface area contributed by atoms with Gasteiger partial charge in [-0.15, -0.1) is 0 Å². The molecule has 1 heterocycles. The van der Waals surface area contributed by atoms with Crippen molar-refractivity contribution in [3.05, 3.63) is 29.0 Å². The molecule has 1 aliphatic heterocycles. The molecule has 1 saturated heterocycles. The lowest BCUT2D eigenvalue weighted by Gasteiger charge is -2.48. The van der Waals surface area contributed by atoms with E-state index >= 15 is 0 Å². The molecular formula is C16H24ClFN2. The fraction of sp³-hybridized carbons (Fsp3) is 0.625. The number of halogens is 2. The number of benzene rings is 1. The fourth-order valence-electron chi connectivity index (χ4n) is 3.04. The topological polar surface area (TPSA) is 15.3 Å². The van der Waals surface area contributed by atoms with Crippen LogP contribution in [0.1, 0.15) is 40.0 Å². The average molecular weight is 299 g/mol. The molecule has 0 bridgehead atoms. The van der Waals surface area contributed by atoms with Crippen molar-refractivity contribution >= 4 is 17.3 Å². The predicted molar refractivity (Wildman–Crippen MR) is 84.2 cm³/mol. The molecule has 112 valence electrons. The van der Waals surface area contributed by atoms with E-state index in [2.05, 4.69) is 31.0 Å². The van der Waals surface area contributed by atoms with Crippen LogP contribution in [0.3, 0.4) is 0 Å². The second kappa shape index (κ2) is 6.31. The summed E-state index contributed by atoms with van der Waals surface area (Å²) in [4.78, 5) is 2.22. The highest BCUT2D eigenvalue weighted by Gasteiger charge is 2.36. The van der Waals surface area contributed by atoms with Crippen molar-refractivity contribution in [1.82, 2.24) is 5.32 Å². The SMILES string of the molecule is CCC1CNC(CC)(CC)CN1c1ccc(Cl)cc1F. The molecule has 0 aromatic heterocycles. The van der Waals surface area contributed by atoms with Gasteiger partial charge in [0.1, 0.15) is 5.82 Å². The Kier molecular flexibility index (Phi) is 4.92. The minimum atomic E-state index is -0.223. The summed E-state index contributed by atoms with van der Waals surface area (Å²) >= 11 is 5.87. The average Bonchev–Trinajstić information content (AvgIpc) is 2.46. The smallest absolute Gasteiger partial charge is 0.147 e. The van der Waals surface area contributed by atoms with Crippen molar-refractivity contribution in [2.24, 2.45) is 0 Å². The summed E-state index contributed by atoms with van der Waals surface area (Å²) in [7, 11) is 0. The first-order chi connectivity index (χ1) is 9.55. The lowest BCUT2D eigenvalue weighted by Crippen LogP contribution is -2.64. The Labute approximate surface area is 126 Å². The first-order valence-corrected chi connectivity index (χ1v) is 7.89. The number of rotatable bonds is 4. The molecule has 0 saturated carbocycles. The van der Waals surface area contributed by atoms with E-state index in [1.807, 2.05) is 6.07 Å². The molecule has 0 spiro atoms. The molecule has 0 aliphatic carbocycles. The lowest BCUT2D eigenvalue weighted by molar-refractivity contribution is 0.245. The Hall–Kier alpha value is -0.800. The van der Waals surface area contributed by atoms with Crippen LogP contribution in [0.15, 0.2) is 18.2 Å². The van der Waals surface area contributed by atoms with Crippen LogP contribution in [-0.4, -0.2) is 24.7 Å². The number of hydrogen-bond donors (Lipinski definition) is 1. The van der Waals surface area contributed by atoms with E-state index < -0.39 is 0 Å². The maximum absolute atomic E-state index is 14.3. The fourth-order valence-corrected chi connectivity index (χ4v) is 3.20. The zero-order chi connectivity index (χ0) is 14.8. The maximum Gasteiger partial charge on any atom is 0.147 e. The lowest BCUT2D eigenvalue weighted by atomic mass is 9.87. The summed E-state index contributed by atoms with van der Waals surface area (Å²) < 4.78 is 14.3. The Morgan fingerprint density at radius 3 is 2.60 bits per heavy atom. The van der Waals surface area contributed by atoms with E-state index in [0.717, 1.165) is 32.4 Å². The number of piperazine rings is 1. The Balaban J connectivity index is 2.33.